The van der Waals surface area contributed by atoms with Gasteiger partial charge in [0, 0.05) is 5.54 Å². The lowest BCUT2D eigenvalue weighted by Gasteiger charge is -2.20. The van der Waals surface area contributed by atoms with Gasteiger partial charge in [-0.25, -0.2) is 0 Å². The van der Waals surface area contributed by atoms with Crippen LogP contribution in [0.4, 0.5) is 0 Å². The van der Waals surface area contributed by atoms with Crippen LogP contribution in [0.25, 0.3) is 0 Å². The van der Waals surface area contributed by atoms with Gasteiger partial charge in [0.25, 0.3) is 0 Å². The number of hydrogen-bond acceptors (Lipinski definition) is 1. The van der Waals surface area contributed by atoms with Crippen molar-refractivity contribution in [1.82, 2.24) is 5.32 Å². The lowest BCUT2D eigenvalue weighted by Crippen LogP contribution is -2.35. The average Bonchev–Trinajstić information content (AvgIpc) is 1.68. The second-order valence-electron chi connectivity index (χ2n) is 2.16. The minimum atomic E-state index is 0.0833. The number of nitrogens with one attached hydrogen (secondary N) is 1. The Morgan fingerprint density at radius 2 is 2.14 bits per heavy atom. The van der Waals surface area contributed by atoms with E-state index in [-0.39, 0.29) is 5.54 Å². The zero-order valence-corrected chi connectivity index (χ0v) is 5.41. The summed E-state index contributed by atoms with van der Waals surface area (Å²) >= 11 is 0. The van der Waals surface area contributed by atoms with E-state index in [1.165, 1.54) is 0 Å². The molecule has 43 valence electrons. The summed E-state index contributed by atoms with van der Waals surface area (Å²) in [5, 5.41) is 3.08. The molecule has 0 aromatic rings. The van der Waals surface area contributed by atoms with Crippen LogP contribution in [0.15, 0.2) is 0 Å². The van der Waals surface area contributed by atoms with Crippen LogP contribution in [0.2, 0.25) is 0 Å². The van der Waals surface area contributed by atoms with Gasteiger partial charge >= 0.3 is 0 Å². The number of hydrogen-bond donors (Lipinski definition) is 1. The van der Waals surface area contributed by atoms with Crippen molar-refractivity contribution < 1.29 is 0 Å². The maximum absolute atomic E-state index is 3.90. The van der Waals surface area contributed by atoms with E-state index in [2.05, 4.69) is 26.1 Å². The normalized spacial score (nSPS) is 12.0. The predicted octanol–water partition coefficient (Wildman–Crippen LogP) is 1.21. The van der Waals surface area contributed by atoms with E-state index in [1.54, 1.807) is 0 Å². The summed E-state index contributed by atoms with van der Waals surface area (Å²) in [5.41, 5.74) is 0.0833. The highest BCUT2D eigenvalue weighted by Gasteiger charge is 2.09. The van der Waals surface area contributed by atoms with Gasteiger partial charge in [0.1, 0.15) is 0 Å². The first-order chi connectivity index (χ1) is 3.12. The molecule has 1 radical (unpaired) electrons. The van der Waals surface area contributed by atoms with Gasteiger partial charge in [0.2, 0.25) is 0 Å². The molecule has 0 aliphatic rings. The van der Waals surface area contributed by atoms with Crippen LogP contribution in [-0.4, -0.2) is 12.6 Å². The van der Waals surface area contributed by atoms with Gasteiger partial charge in [-0.05, 0) is 27.3 Å². The van der Waals surface area contributed by atoms with Crippen LogP contribution < -0.4 is 5.32 Å². The highest BCUT2D eigenvalue weighted by molar-refractivity contribution is 4.81. The van der Waals surface area contributed by atoms with Gasteiger partial charge in [-0.15, -0.1) is 0 Å². The van der Waals surface area contributed by atoms with Crippen molar-refractivity contribution >= 4 is 0 Å². The molecule has 0 rings (SSSR count). The molecule has 0 amide bonds. The van der Waals surface area contributed by atoms with Crippen molar-refractivity contribution in [3.05, 3.63) is 6.92 Å². The van der Waals surface area contributed by atoms with Crippen LogP contribution >= 0.6 is 0 Å². The average molecular weight is 100 g/mol. The molecule has 0 saturated carbocycles. The molecular formula is C6H14N. The summed E-state index contributed by atoms with van der Waals surface area (Å²) in [5.74, 6) is 0. The predicted molar refractivity (Wildman–Crippen MR) is 33.1 cm³/mol. The Kier molecular flexibility index (Phi) is 2.30. The highest BCUT2D eigenvalue weighted by Crippen LogP contribution is 2.03. The lowest BCUT2D eigenvalue weighted by molar-refractivity contribution is 0.459. The second kappa shape index (κ2) is 2.31. The van der Waals surface area contributed by atoms with E-state index in [0.717, 1.165) is 6.42 Å². The molecule has 0 heterocycles. The fraction of sp³-hybridized carbons (Fsp3) is 0.833. The van der Waals surface area contributed by atoms with Crippen molar-refractivity contribution in [1.29, 1.82) is 0 Å². The maximum Gasteiger partial charge on any atom is 0.0148 e. The monoisotopic (exact) mass is 100 g/mol. The van der Waals surface area contributed by atoms with Crippen LogP contribution in [0.1, 0.15) is 20.3 Å². The second-order valence-corrected chi connectivity index (χ2v) is 2.16. The third-order valence-corrected chi connectivity index (χ3v) is 1.38. The molecule has 1 nitrogen and oxygen atoms in total. The van der Waals surface area contributed by atoms with E-state index in [0.29, 0.717) is 0 Å². The quantitative estimate of drug-likeness (QED) is 0.550. The Labute approximate surface area is 46.1 Å². The smallest absolute Gasteiger partial charge is 0.0148 e. The molecule has 1 unspecified atom stereocenters. The molecule has 0 aromatic heterocycles. The van der Waals surface area contributed by atoms with Crippen molar-refractivity contribution in [3.63, 3.8) is 0 Å². The highest BCUT2D eigenvalue weighted by atomic mass is 14.9. The molecule has 0 aromatic carbocycles. The summed E-state index contributed by atoms with van der Waals surface area (Å²) in [6.45, 7) is 8.09. The molecule has 1 heteroatoms. The first-order valence-corrected chi connectivity index (χ1v) is 2.66. The van der Waals surface area contributed by atoms with E-state index >= 15 is 0 Å². The van der Waals surface area contributed by atoms with Crippen molar-refractivity contribution in [3.8, 4) is 0 Å². The van der Waals surface area contributed by atoms with Crippen LogP contribution in [0, 0.1) is 6.92 Å². The lowest BCUT2D eigenvalue weighted by atomic mass is 10.0. The minimum absolute atomic E-state index is 0.0833. The Bertz CT molecular complexity index is 42.1. The van der Waals surface area contributed by atoms with Gasteiger partial charge in [-0.3, -0.25) is 0 Å². The maximum atomic E-state index is 3.90. The van der Waals surface area contributed by atoms with Crippen LogP contribution in [-0.2, 0) is 0 Å². The van der Waals surface area contributed by atoms with E-state index in [9.17, 15) is 0 Å². The standard InChI is InChI=1S/C6H14N/c1-5-6(2,3)7-4/h7H,2,5H2,1,3-4H3. The minimum Gasteiger partial charge on any atom is -0.315 e. The molecule has 0 aliphatic heterocycles. The molecule has 0 saturated heterocycles. The largest absolute Gasteiger partial charge is 0.315 e. The van der Waals surface area contributed by atoms with Crippen LogP contribution in [0.5, 0.6) is 0 Å². The Morgan fingerprint density at radius 3 is 2.14 bits per heavy atom. The van der Waals surface area contributed by atoms with Crippen molar-refractivity contribution in [2.45, 2.75) is 25.8 Å². The molecule has 0 fully saturated rings. The first kappa shape index (κ1) is 6.96. The summed E-state index contributed by atoms with van der Waals surface area (Å²) in [6, 6.07) is 0. The fourth-order valence-electron chi connectivity index (χ4n) is 0.177. The zero-order chi connectivity index (χ0) is 5.91. The third kappa shape index (κ3) is 2.63. The Balaban J connectivity index is 3.36. The topological polar surface area (TPSA) is 12.0 Å². The van der Waals surface area contributed by atoms with Gasteiger partial charge < -0.3 is 5.32 Å². The zero-order valence-electron chi connectivity index (χ0n) is 5.41. The SMILES string of the molecule is [CH2]C(C)(CC)NC. The molecule has 0 spiro atoms. The van der Waals surface area contributed by atoms with E-state index in [4.69, 9.17) is 0 Å². The van der Waals surface area contributed by atoms with Gasteiger partial charge in [-0.2, -0.15) is 0 Å². The van der Waals surface area contributed by atoms with Crippen LogP contribution in [0.3, 0.4) is 0 Å². The first-order valence-electron chi connectivity index (χ1n) is 2.66. The Morgan fingerprint density at radius 1 is 1.71 bits per heavy atom. The summed E-state index contributed by atoms with van der Waals surface area (Å²) in [6.07, 6.45) is 1.07. The molecule has 1 N–H and O–H groups in total. The van der Waals surface area contributed by atoms with E-state index in [1.807, 2.05) is 7.05 Å². The summed E-state index contributed by atoms with van der Waals surface area (Å²) in [7, 11) is 1.93. The number of rotatable bonds is 2. The van der Waals surface area contributed by atoms with Crippen molar-refractivity contribution in [2.24, 2.45) is 0 Å². The van der Waals surface area contributed by atoms with Crippen molar-refractivity contribution in [2.75, 3.05) is 7.05 Å². The molecule has 0 bridgehead atoms. The van der Waals surface area contributed by atoms with Gasteiger partial charge in [-0.1, -0.05) is 6.92 Å². The fourth-order valence-corrected chi connectivity index (χ4v) is 0.177. The molecule has 0 aliphatic carbocycles. The van der Waals surface area contributed by atoms with E-state index < -0.39 is 0 Å². The summed E-state index contributed by atoms with van der Waals surface area (Å²) < 4.78 is 0. The molecule has 1 atom stereocenters. The molecular weight excluding hydrogens is 86.1 g/mol. The Hall–Kier alpha value is -0.0400. The molecule has 7 heavy (non-hydrogen) atoms. The van der Waals surface area contributed by atoms with Gasteiger partial charge in [0.15, 0.2) is 0 Å². The summed E-state index contributed by atoms with van der Waals surface area (Å²) in [4.78, 5) is 0. The third-order valence-electron chi connectivity index (χ3n) is 1.38. The van der Waals surface area contributed by atoms with Gasteiger partial charge in [0.05, 0.1) is 0 Å².